The van der Waals surface area contributed by atoms with Crippen molar-refractivity contribution in [2.24, 2.45) is 0 Å². The molecule has 0 saturated heterocycles. The minimum Gasteiger partial charge on any atom is -0.478 e. The molecule has 0 aromatic heterocycles. The van der Waals surface area contributed by atoms with Crippen molar-refractivity contribution >= 4 is 29.1 Å². The number of carboxylic acids is 1. The number of anilines is 2. The van der Waals surface area contributed by atoms with E-state index in [2.05, 4.69) is 6.92 Å². The molecular formula is C13H20N2O2S. The average Bonchev–Trinajstić information content (AvgIpc) is 2.34. The quantitative estimate of drug-likeness (QED) is 0.587. The van der Waals surface area contributed by atoms with Crippen LogP contribution in [0.4, 0.5) is 11.4 Å². The van der Waals surface area contributed by atoms with E-state index in [0.717, 1.165) is 30.2 Å². The van der Waals surface area contributed by atoms with E-state index in [-0.39, 0.29) is 5.56 Å². The number of nitrogens with two attached hydrogens (primary N) is 1. The molecule has 0 aliphatic carbocycles. The molecule has 0 unspecified atom stereocenters. The summed E-state index contributed by atoms with van der Waals surface area (Å²) in [6.07, 6.45) is 1.04. The van der Waals surface area contributed by atoms with Crippen LogP contribution in [0.25, 0.3) is 0 Å². The van der Waals surface area contributed by atoms with Gasteiger partial charge in [-0.05, 0) is 36.1 Å². The fraction of sp³-hybridized carbons (Fsp3) is 0.462. The van der Waals surface area contributed by atoms with Crippen LogP contribution in [0.1, 0.15) is 23.7 Å². The number of rotatable bonds is 7. The molecule has 1 aromatic rings. The number of hydrogen-bond acceptors (Lipinski definition) is 4. The second-order valence-electron chi connectivity index (χ2n) is 4.05. The molecule has 0 bridgehead atoms. The molecule has 0 saturated carbocycles. The van der Waals surface area contributed by atoms with Gasteiger partial charge in [-0.25, -0.2) is 4.79 Å². The molecule has 0 aliphatic rings. The van der Waals surface area contributed by atoms with Gasteiger partial charge in [0.1, 0.15) is 0 Å². The Bertz CT molecular complexity index is 410. The fourth-order valence-corrected chi connectivity index (χ4v) is 2.35. The highest BCUT2D eigenvalue weighted by Gasteiger charge is 2.13. The zero-order valence-electron chi connectivity index (χ0n) is 10.8. The molecule has 0 amide bonds. The molecule has 100 valence electrons. The second kappa shape index (κ2) is 7.16. The third-order valence-corrected chi connectivity index (χ3v) is 3.63. The Hall–Kier alpha value is -1.36. The summed E-state index contributed by atoms with van der Waals surface area (Å²) in [4.78, 5) is 13.1. The Morgan fingerprint density at radius 2 is 2.22 bits per heavy atom. The van der Waals surface area contributed by atoms with Gasteiger partial charge in [-0.1, -0.05) is 6.92 Å². The highest BCUT2D eigenvalue weighted by atomic mass is 32.2. The molecule has 18 heavy (non-hydrogen) atoms. The fourth-order valence-electron chi connectivity index (χ4n) is 1.73. The zero-order chi connectivity index (χ0) is 13.5. The van der Waals surface area contributed by atoms with Crippen molar-refractivity contribution in [1.29, 1.82) is 0 Å². The van der Waals surface area contributed by atoms with E-state index in [1.54, 1.807) is 12.1 Å². The molecular weight excluding hydrogens is 248 g/mol. The van der Waals surface area contributed by atoms with E-state index in [1.165, 1.54) is 6.07 Å². The van der Waals surface area contributed by atoms with Crippen LogP contribution in [0, 0.1) is 0 Å². The first-order chi connectivity index (χ1) is 8.56. The van der Waals surface area contributed by atoms with Crippen molar-refractivity contribution in [3.05, 3.63) is 23.8 Å². The largest absolute Gasteiger partial charge is 0.478 e. The van der Waals surface area contributed by atoms with Gasteiger partial charge in [0.2, 0.25) is 0 Å². The van der Waals surface area contributed by atoms with Crippen molar-refractivity contribution < 1.29 is 9.90 Å². The van der Waals surface area contributed by atoms with Gasteiger partial charge in [0.25, 0.3) is 0 Å². The van der Waals surface area contributed by atoms with Gasteiger partial charge in [-0.3, -0.25) is 0 Å². The van der Waals surface area contributed by atoms with Crippen molar-refractivity contribution in [1.82, 2.24) is 0 Å². The van der Waals surface area contributed by atoms with E-state index >= 15 is 0 Å². The van der Waals surface area contributed by atoms with Gasteiger partial charge >= 0.3 is 5.97 Å². The van der Waals surface area contributed by atoms with E-state index in [0.29, 0.717) is 5.69 Å². The van der Waals surface area contributed by atoms with Crippen LogP contribution in [0.15, 0.2) is 18.2 Å². The highest BCUT2D eigenvalue weighted by molar-refractivity contribution is 7.99. The molecule has 0 heterocycles. The smallest absolute Gasteiger partial charge is 0.337 e. The minimum atomic E-state index is -0.938. The Kier molecular flexibility index (Phi) is 5.85. The monoisotopic (exact) mass is 268 g/mol. The summed E-state index contributed by atoms with van der Waals surface area (Å²) >= 11 is 1.90. The van der Waals surface area contributed by atoms with Gasteiger partial charge in [-0.15, -0.1) is 0 Å². The summed E-state index contributed by atoms with van der Waals surface area (Å²) in [6, 6.07) is 5.01. The van der Waals surface area contributed by atoms with Crippen molar-refractivity contribution in [3.63, 3.8) is 0 Å². The summed E-state index contributed by atoms with van der Waals surface area (Å²) in [5.74, 6) is 1.27. The SMILES string of the molecule is CCSCCCN(C)c1ccc(N)cc1C(=O)O. The van der Waals surface area contributed by atoms with Crippen LogP contribution in [0.2, 0.25) is 0 Å². The number of carbonyl (C=O) groups is 1. The van der Waals surface area contributed by atoms with Crippen LogP contribution in [-0.4, -0.2) is 36.2 Å². The Balaban J connectivity index is 2.72. The highest BCUT2D eigenvalue weighted by Crippen LogP contribution is 2.22. The van der Waals surface area contributed by atoms with Gasteiger partial charge in [0.15, 0.2) is 0 Å². The summed E-state index contributed by atoms with van der Waals surface area (Å²) < 4.78 is 0. The summed E-state index contributed by atoms with van der Waals surface area (Å²) in [5.41, 5.74) is 7.08. The van der Waals surface area contributed by atoms with Crippen molar-refractivity contribution in [2.75, 3.05) is 35.7 Å². The third-order valence-electron chi connectivity index (χ3n) is 2.65. The minimum absolute atomic E-state index is 0.264. The number of nitrogen functional groups attached to an aromatic ring is 1. The molecule has 0 atom stereocenters. The average molecular weight is 268 g/mol. The van der Waals surface area contributed by atoms with Crippen LogP contribution in [0.3, 0.4) is 0 Å². The Labute approximate surface area is 112 Å². The van der Waals surface area contributed by atoms with Crippen LogP contribution >= 0.6 is 11.8 Å². The number of thioether (sulfide) groups is 1. The van der Waals surface area contributed by atoms with E-state index < -0.39 is 5.97 Å². The van der Waals surface area contributed by atoms with E-state index in [9.17, 15) is 4.79 Å². The second-order valence-corrected chi connectivity index (χ2v) is 5.45. The molecule has 0 radical (unpaired) electrons. The first-order valence-corrected chi connectivity index (χ1v) is 7.13. The lowest BCUT2D eigenvalue weighted by Gasteiger charge is -2.21. The normalized spacial score (nSPS) is 10.3. The predicted molar refractivity (Wildman–Crippen MR) is 78.7 cm³/mol. The third kappa shape index (κ3) is 4.14. The van der Waals surface area contributed by atoms with Crippen LogP contribution in [-0.2, 0) is 0 Å². The summed E-state index contributed by atoms with van der Waals surface area (Å²) in [5, 5.41) is 9.16. The van der Waals surface area contributed by atoms with Crippen molar-refractivity contribution in [3.8, 4) is 0 Å². The van der Waals surface area contributed by atoms with E-state index in [1.807, 2.05) is 23.7 Å². The summed E-state index contributed by atoms with van der Waals surface area (Å²) in [7, 11) is 1.91. The molecule has 0 aliphatic heterocycles. The standard InChI is InChI=1S/C13H20N2O2S/c1-3-18-8-4-7-15(2)12-6-5-10(14)9-11(12)13(16)17/h5-6,9H,3-4,7-8,14H2,1-2H3,(H,16,17). The topological polar surface area (TPSA) is 66.6 Å². The maximum Gasteiger partial charge on any atom is 0.337 e. The molecule has 1 aromatic carbocycles. The molecule has 0 spiro atoms. The van der Waals surface area contributed by atoms with Gasteiger partial charge in [0, 0.05) is 19.3 Å². The number of nitrogens with zero attached hydrogens (tertiary/aromatic N) is 1. The zero-order valence-corrected chi connectivity index (χ0v) is 11.7. The Morgan fingerprint density at radius 1 is 1.50 bits per heavy atom. The van der Waals surface area contributed by atoms with Crippen LogP contribution in [0.5, 0.6) is 0 Å². The Morgan fingerprint density at radius 3 is 2.83 bits per heavy atom. The maximum absolute atomic E-state index is 11.2. The number of carboxylic acid groups (broad SMARTS) is 1. The van der Waals surface area contributed by atoms with Crippen LogP contribution < -0.4 is 10.6 Å². The lowest BCUT2D eigenvalue weighted by molar-refractivity contribution is 0.0697. The number of benzene rings is 1. The van der Waals surface area contributed by atoms with Gasteiger partial charge in [-0.2, -0.15) is 11.8 Å². The lowest BCUT2D eigenvalue weighted by Crippen LogP contribution is -2.21. The van der Waals surface area contributed by atoms with E-state index in [4.69, 9.17) is 10.8 Å². The predicted octanol–water partition coefficient (Wildman–Crippen LogP) is 2.55. The molecule has 4 nitrogen and oxygen atoms in total. The maximum atomic E-state index is 11.2. The molecule has 1 rings (SSSR count). The van der Waals surface area contributed by atoms with Crippen molar-refractivity contribution in [2.45, 2.75) is 13.3 Å². The number of aromatic carboxylic acids is 1. The summed E-state index contributed by atoms with van der Waals surface area (Å²) in [6.45, 7) is 2.98. The van der Waals surface area contributed by atoms with Gasteiger partial charge < -0.3 is 15.7 Å². The number of hydrogen-bond donors (Lipinski definition) is 2. The molecule has 0 fully saturated rings. The molecule has 3 N–H and O–H groups in total. The lowest BCUT2D eigenvalue weighted by atomic mass is 10.1. The molecule has 5 heteroatoms. The first kappa shape index (κ1) is 14.7. The first-order valence-electron chi connectivity index (χ1n) is 5.98. The van der Waals surface area contributed by atoms with Gasteiger partial charge in [0.05, 0.1) is 11.3 Å².